The highest BCUT2D eigenvalue weighted by molar-refractivity contribution is 5.35. The van der Waals surface area contributed by atoms with E-state index in [1.807, 2.05) is 12.2 Å². The highest BCUT2D eigenvalue weighted by atomic mass is 19.2. The number of alkyl halides is 2. The van der Waals surface area contributed by atoms with E-state index in [0.29, 0.717) is 0 Å². The molecule has 4 atom stereocenters. The summed E-state index contributed by atoms with van der Waals surface area (Å²) in [4.78, 5) is 0. The zero-order valence-electron chi connectivity index (χ0n) is 36.5. The summed E-state index contributed by atoms with van der Waals surface area (Å²) in [7, 11) is 0. The van der Waals surface area contributed by atoms with E-state index in [4.69, 9.17) is 4.74 Å². The maximum Gasteiger partial charge on any atom is 0.185 e. The van der Waals surface area contributed by atoms with Crippen molar-refractivity contribution in [3.05, 3.63) is 48.1 Å². The summed E-state index contributed by atoms with van der Waals surface area (Å²) in [6.07, 6.45) is 43.1. The van der Waals surface area contributed by atoms with Crippen molar-refractivity contribution in [3.8, 4) is 0 Å². The normalized spacial score (nSPS) is 35.5. The molecule has 0 bridgehead atoms. The van der Waals surface area contributed by atoms with Crippen LogP contribution in [-0.4, -0.2) is 24.6 Å². The van der Waals surface area contributed by atoms with Crippen molar-refractivity contribution >= 4 is 0 Å². The van der Waals surface area contributed by atoms with Gasteiger partial charge in [0, 0.05) is 22.7 Å². The van der Waals surface area contributed by atoms with Gasteiger partial charge in [-0.1, -0.05) is 167 Å². The smallest absolute Gasteiger partial charge is 0.185 e. The summed E-state index contributed by atoms with van der Waals surface area (Å²) in [5.74, 6) is -0.129. The second-order valence-electron chi connectivity index (χ2n) is 20.3. The first kappa shape index (κ1) is 45.2. The van der Waals surface area contributed by atoms with Crippen LogP contribution in [-0.2, 0) is 4.74 Å². The van der Waals surface area contributed by atoms with Crippen LogP contribution in [0, 0.1) is 46.3 Å². The predicted molar refractivity (Wildman–Crippen MR) is 231 cm³/mol. The lowest BCUT2D eigenvalue weighted by atomic mass is 9.53. The predicted octanol–water partition coefficient (Wildman–Crippen LogP) is 16.7. The quantitative estimate of drug-likeness (QED) is 0.0677. The minimum absolute atomic E-state index is 0.197. The largest absolute Gasteiger partial charge is 0.380 e. The van der Waals surface area contributed by atoms with Crippen molar-refractivity contribution < 1.29 is 22.3 Å². The summed E-state index contributed by atoms with van der Waals surface area (Å²) in [6.45, 7) is 4.91. The monoisotopic (exact) mass is 799 g/mol. The fraction of sp³-hybridized carbons (Fsp3) is 0.846. The van der Waals surface area contributed by atoms with E-state index in [-0.39, 0.29) is 36.9 Å². The average molecular weight is 799 g/mol. The number of allylic oxidation sites excluding steroid dienone is 4. The van der Waals surface area contributed by atoms with E-state index < -0.39 is 33.8 Å². The molecule has 6 aliphatic carbocycles. The average Bonchev–Trinajstić information content (AvgIpc) is 3.24. The van der Waals surface area contributed by atoms with Gasteiger partial charge in [0.05, 0.1) is 13.2 Å². The Balaban J connectivity index is 1.01. The van der Waals surface area contributed by atoms with Gasteiger partial charge >= 0.3 is 0 Å². The Hall–Kier alpha value is -1.36. The summed E-state index contributed by atoms with van der Waals surface area (Å²) in [5.41, 5.74) is -5.46. The molecule has 0 N–H and O–H groups in total. The molecule has 0 spiro atoms. The summed E-state index contributed by atoms with van der Waals surface area (Å²) in [6, 6.07) is 0. The molecule has 6 aliphatic rings. The van der Waals surface area contributed by atoms with Crippen LogP contribution < -0.4 is 0 Å². The zero-order chi connectivity index (χ0) is 40.2. The van der Waals surface area contributed by atoms with Crippen LogP contribution in [0.5, 0.6) is 0 Å². The Morgan fingerprint density at radius 2 is 0.877 bits per heavy atom. The minimum atomic E-state index is -2.06. The van der Waals surface area contributed by atoms with Crippen LogP contribution in [0.25, 0.3) is 0 Å². The van der Waals surface area contributed by atoms with Crippen molar-refractivity contribution in [2.75, 3.05) is 13.2 Å². The number of hydrogen-bond acceptors (Lipinski definition) is 1. The highest BCUT2D eigenvalue weighted by Gasteiger charge is 2.60. The summed E-state index contributed by atoms with van der Waals surface area (Å²) >= 11 is 0. The van der Waals surface area contributed by atoms with Crippen LogP contribution in [0.15, 0.2) is 48.1 Å². The van der Waals surface area contributed by atoms with E-state index in [2.05, 4.69) is 13.8 Å². The molecule has 4 fully saturated rings. The van der Waals surface area contributed by atoms with Crippen LogP contribution in [0.3, 0.4) is 0 Å². The fourth-order valence-corrected chi connectivity index (χ4v) is 13.3. The third-order valence-corrected chi connectivity index (χ3v) is 16.8. The van der Waals surface area contributed by atoms with Crippen LogP contribution >= 0.6 is 0 Å². The Morgan fingerprint density at radius 1 is 0.509 bits per heavy atom. The van der Waals surface area contributed by atoms with Crippen molar-refractivity contribution in [1.82, 2.24) is 0 Å². The molecule has 0 radical (unpaired) electrons. The molecule has 0 amide bonds. The van der Waals surface area contributed by atoms with Gasteiger partial charge in [0.2, 0.25) is 0 Å². The highest BCUT2D eigenvalue weighted by Crippen LogP contribution is 2.62. The molecule has 0 unspecified atom stereocenters. The molecule has 5 heteroatoms. The van der Waals surface area contributed by atoms with Gasteiger partial charge in [0.1, 0.15) is 11.7 Å². The fourth-order valence-electron chi connectivity index (χ4n) is 13.3. The lowest BCUT2D eigenvalue weighted by Crippen LogP contribution is -2.52. The molecule has 0 aromatic heterocycles. The van der Waals surface area contributed by atoms with Crippen LogP contribution in [0.1, 0.15) is 206 Å². The van der Waals surface area contributed by atoms with Gasteiger partial charge in [-0.15, -0.1) is 0 Å². The first-order chi connectivity index (χ1) is 27.7. The van der Waals surface area contributed by atoms with Crippen molar-refractivity contribution in [2.24, 2.45) is 46.3 Å². The van der Waals surface area contributed by atoms with Gasteiger partial charge in [-0.3, -0.25) is 0 Å². The van der Waals surface area contributed by atoms with Gasteiger partial charge in [-0.05, 0) is 99.3 Å². The molecule has 57 heavy (non-hydrogen) atoms. The number of ether oxygens (including phenoxy) is 1. The van der Waals surface area contributed by atoms with Crippen molar-refractivity contribution in [2.45, 2.75) is 218 Å². The van der Waals surface area contributed by atoms with Gasteiger partial charge in [-0.2, -0.15) is 0 Å². The van der Waals surface area contributed by atoms with Crippen molar-refractivity contribution in [1.29, 1.82) is 0 Å². The summed E-state index contributed by atoms with van der Waals surface area (Å²) in [5, 5.41) is 0. The molecule has 6 rings (SSSR count). The lowest BCUT2D eigenvalue weighted by Gasteiger charge is -2.53. The number of unbranched alkanes of at least 4 members (excludes halogenated alkanes) is 8. The molecule has 1 nitrogen and oxygen atoms in total. The van der Waals surface area contributed by atoms with Crippen LogP contribution in [0.4, 0.5) is 17.6 Å². The summed E-state index contributed by atoms with van der Waals surface area (Å²) < 4.78 is 73.4. The Labute approximate surface area is 346 Å². The number of halogens is 4. The first-order valence-corrected chi connectivity index (χ1v) is 24.8. The lowest BCUT2D eigenvalue weighted by molar-refractivity contribution is -0.0591. The zero-order valence-corrected chi connectivity index (χ0v) is 36.5. The molecule has 4 saturated carbocycles. The third-order valence-electron chi connectivity index (χ3n) is 16.8. The van der Waals surface area contributed by atoms with Gasteiger partial charge < -0.3 is 4.74 Å². The van der Waals surface area contributed by atoms with Gasteiger partial charge in [0.15, 0.2) is 11.3 Å². The first-order valence-electron chi connectivity index (χ1n) is 24.8. The van der Waals surface area contributed by atoms with E-state index in [1.165, 1.54) is 89.2 Å². The number of hydrogen-bond donors (Lipinski definition) is 0. The molecular formula is C52H82F4O. The molecule has 324 valence electrons. The van der Waals surface area contributed by atoms with E-state index in [1.54, 1.807) is 12.2 Å². The van der Waals surface area contributed by atoms with Crippen LogP contribution in [0.2, 0.25) is 0 Å². The molecule has 0 aliphatic heterocycles. The molecule has 0 saturated heterocycles. The third kappa shape index (κ3) is 10.4. The molecule has 0 aromatic rings. The topological polar surface area (TPSA) is 9.23 Å². The van der Waals surface area contributed by atoms with Gasteiger partial charge in [0.25, 0.3) is 0 Å². The minimum Gasteiger partial charge on any atom is -0.380 e. The number of rotatable bonds is 20. The van der Waals surface area contributed by atoms with Crippen molar-refractivity contribution in [3.63, 3.8) is 0 Å². The SMILES string of the molecule is CCCCCCCC1CCC(C2([C@@]3(F)C=C[C@@H](COC[C@@H]4C=C[C@](F)(C5(C6CCC(CCCCCCC)CC6)CCCCC5)C(F)=C4)C=C3F)CCCCC2)CC1. The maximum atomic E-state index is 17.4. The second kappa shape index (κ2) is 21.4. The van der Waals surface area contributed by atoms with E-state index >= 15 is 17.6 Å². The molecular weight excluding hydrogens is 717 g/mol. The molecule has 0 heterocycles. The Kier molecular flexibility index (Phi) is 17.0. The van der Waals surface area contributed by atoms with E-state index in [0.717, 1.165) is 127 Å². The Bertz CT molecular complexity index is 1220. The second-order valence-corrected chi connectivity index (χ2v) is 20.3. The van der Waals surface area contributed by atoms with Gasteiger partial charge in [-0.25, -0.2) is 17.6 Å². The maximum absolute atomic E-state index is 17.4. The van der Waals surface area contributed by atoms with E-state index in [9.17, 15) is 0 Å². The molecule has 0 aromatic carbocycles. The standard InChI is InChI=1S/C52H82F4O/c1-3-5-7-9-13-19-41-21-25-45(26-22-41)49(31-15-11-16-32-49)51(55)35-29-43(37-47(51)53)39-57-40-44-30-36-52(56,48(54)38-44)50(33-17-12-18-34-50)46-27-23-42(24-28-46)20-14-10-8-6-4-2/h29-30,35-38,41-46H,3-28,31-34,39-40H2,1-2H3/t41?,42?,43-,44-,45?,46?,51-,52-/m1/s1. The Morgan fingerprint density at radius 3 is 1.23 bits per heavy atom.